The number of hydrogen-bond donors (Lipinski definition) is 1. The van der Waals surface area contributed by atoms with Crippen molar-refractivity contribution in [3.8, 4) is 5.75 Å². The minimum absolute atomic E-state index is 0.00471. The number of carbonyl (C=O) groups is 1. The lowest BCUT2D eigenvalue weighted by atomic mass is 10.2. The van der Waals surface area contributed by atoms with E-state index in [-0.39, 0.29) is 29.5 Å². The Labute approximate surface area is 177 Å². The Morgan fingerprint density at radius 3 is 2.60 bits per heavy atom. The Hall–Kier alpha value is -2.45. The largest absolute Gasteiger partial charge is 0.492 e. The van der Waals surface area contributed by atoms with Crippen molar-refractivity contribution < 1.29 is 22.3 Å². The van der Waals surface area contributed by atoms with Crippen LogP contribution in [0.1, 0.15) is 42.6 Å². The molecule has 1 amide bonds. The van der Waals surface area contributed by atoms with Crippen molar-refractivity contribution in [2.45, 2.75) is 50.6 Å². The molecule has 1 heterocycles. The molecule has 0 saturated carbocycles. The van der Waals surface area contributed by atoms with Gasteiger partial charge in [-0.2, -0.15) is 4.31 Å². The molecule has 1 N–H and O–H groups in total. The van der Waals surface area contributed by atoms with Gasteiger partial charge < -0.3 is 10.1 Å². The average Bonchev–Trinajstić information content (AvgIpc) is 3.17. The van der Waals surface area contributed by atoms with Crippen LogP contribution < -0.4 is 10.1 Å². The molecule has 0 aliphatic carbocycles. The van der Waals surface area contributed by atoms with Crippen molar-refractivity contribution in [3.05, 3.63) is 59.4 Å². The zero-order valence-corrected chi connectivity index (χ0v) is 18.2. The van der Waals surface area contributed by atoms with E-state index in [1.807, 2.05) is 13.8 Å². The highest BCUT2D eigenvalue weighted by Gasteiger charge is 2.36. The van der Waals surface area contributed by atoms with E-state index in [0.717, 1.165) is 12.5 Å². The number of hydrogen-bond acceptors (Lipinski definition) is 4. The van der Waals surface area contributed by atoms with Gasteiger partial charge in [0, 0.05) is 18.2 Å². The molecule has 30 heavy (non-hydrogen) atoms. The van der Waals surface area contributed by atoms with Gasteiger partial charge in [-0.1, -0.05) is 6.07 Å². The van der Waals surface area contributed by atoms with Gasteiger partial charge in [-0.3, -0.25) is 4.79 Å². The van der Waals surface area contributed by atoms with Crippen LogP contribution in [0.3, 0.4) is 0 Å². The number of halogens is 1. The zero-order chi connectivity index (χ0) is 21.9. The fourth-order valence-electron chi connectivity index (χ4n) is 3.51. The van der Waals surface area contributed by atoms with E-state index in [1.54, 1.807) is 31.2 Å². The van der Waals surface area contributed by atoms with Crippen molar-refractivity contribution in [1.82, 2.24) is 9.62 Å². The summed E-state index contributed by atoms with van der Waals surface area (Å²) in [6, 6.07) is 10.2. The molecule has 1 atom stereocenters. The minimum Gasteiger partial charge on any atom is -0.492 e. The fraction of sp³-hybridized carbons (Fsp3) is 0.409. The summed E-state index contributed by atoms with van der Waals surface area (Å²) >= 11 is 0. The number of amides is 1. The second-order valence-electron chi connectivity index (χ2n) is 7.79. The Kier molecular flexibility index (Phi) is 6.77. The summed E-state index contributed by atoms with van der Waals surface area (Å²) in [7, 11) is -3.81. The van der Waals surface area contributed by atoms with Gasteiger partial charge in [-0.25, -0.2) is 12.8 Å². The Morgan fingerprint density at radius 2 is 1.93 bits per heavy atom. The third kappa shape index (κ3) is 4.99. The highest BCUT2D eigenvalue weighted by Crippen LogP contribution is 2.29. The molecule has 1 aliphatic heterocycles. The molecule has 8 heteroatoms. The molecule has 1 saturated heterocycles. The molecule has 1 fully saturated rings. The highest BCUT2D eigenvalue weighted by molar-refractivity contribution is 7.89. The van der Waals surface area contributed by atoms with E-state index in [9.17, 15) is 17.6 Å². The lowest BCUT2D eigenvalue weighted by Crippen LogP contribution is -2.39. The van der Waals surface area contributed by atoms with E-state index < -0.39 is 15.8 Å². The molecule has 2 aromatic rings. The first-order chi connectivity index (χ1) is 14.2. The maximum Gasteiger partial charge on any atom is 0.251 e. The van der Waals surface area contributed by atoms with Crippen molar-refractivity contribution >= 4 is 15.9 Å². The maximum atomic E-state index is 13.7. The molecular weight excluding hydrogens is 407 g/mol. The molecule has 1 aliphatic rings. The first-order valence-electron chi connectivity index (χ1n) is 10.00. The second-order valence-corrected chi connectivity index (χ2v) is 9.64. The number of ether oxygens (including phenoxy) is 1. The van der Waals surface area contributed by atoms with Crippen LogP contribution in [0.25, 0.3) is 0 Å². The van der Waals surface area contributed by atoms with Crippen molar-refractivity contribution in [3.63, 3.8) is 0 Å². The van der Waals surface area contributed by atoms with Crippen molar-refractivity contribution in [2.24, 2.45) is 0 Å². The van der Waals surface area contributed by atoms with E-state index in [0.29, 0.717) is 29.8 Å². The zero-order valence-electron chi connectivity index (χ0n) is 17.4. The number of carbonyl (C=O) groups excluding carboxylic acids is 1. The van der Waals surface area contributed by atoms with Gasteiger partial charge in [-0.15, -0.1) is 0 Å². The first kappa shape index (κ1) is 22.2. The Morgan fingerprint density at radius 1 is 1.23 bits per heavy atom. The molecule has 0 bridgehead atoms. The molecule has 162 valence electrons. The summed E-state index contributed by atoms with van der Waals surface area (Å²) < 4.78 is 47.1. The summed E-state index contributed by atoms with van der Waals surface area (Å²) in [6.07, 6.45) is 1.39. The predicted molar refractivity (Wildman–Crippen MR) is 113 cm³/mol. The molecule has 0 aromatic heterocycles. The molecule has 0 radical (unpaired) electrons. The van der Waals surface area contributed by atoms with Crippen LogP contribution in [0.4, 0.5) is 4.39 Å². The van der Waals surface area contributed by atoms with Crippen LogP contribution in [-0.4, -0.2) is 43.9 Å². The van der Waals surface area contributed by atoms with E-state index in [1.165, 1.54) is 16.4 Å². The minimum atomic E-state index is -3.81. The van der Waals surface area contributed by atoms with Crippen LogP contribution >= 0.6 is 0 Å². The normalized spacial score (nSPS) is 17.3. The molecule has 2 aromatic carbocycles. The van der Waals surface area contributed by atoms with Gasteiger partial charge in [-0.05, 0) is 75.6 Å². The fourth-order valence-corrected chi connectivity index (χ4v) is 5.43. The van der Waals surface area contributed by atoms with Crippen LogP contribution in [0.5, 0.6) is 5.75 Å². The van der Waals surface area contributed by atoms with Gasteiger partial charge in [0.15, 0.2) is 0 Å². The van der Waals surface area contributed by atoms with Crippen molar-refractivity contribution in [1.29, 1.82) is 0 Å². The monoisotopic (exact) mass is 434 g/mol. The quantitative estimate of drug-likeness (QED) is 0.724. The molecule has 1 unspecified atom stereocenters. The maximum absolute atomic E-state index is 13.7. The SMILES string of the molecule is Cc1ccc(F)cc1S(=O)(=O)N1CCCC1COc1ccc(C(=O)NC(C)C)cc1. The van der Waals surface area contributed by atoms with Gasteiger partial charge in [0.2, 0.25) is 10.0 Å². The van der Waals surface area contributed by atoms with Gasteiger partial charge in [0.1, 0.15) is 18.2 Å². The molecular formula is C22H27FN2O4S. The highest BCUT2D eigenvalue weighted by atomic mass is 32.2. The number of nitrogens with zero attached hydrogens (tertiary/aromatic N) is 1. The van der Waals surface area contributed by atoms with Gasteiger partial charge in [0.25, 0.3) is 5.91 Å². The van der Waals surface area contributed by atoms with E-state index in [4.69, 9.17) is 4.74 Å². The Bertz CT molecular complexity index is 1010. The first-order valence-corrected chi connectivity index (χ1v) is 11.4. The third-order valence-corrected chi connectivity index (χ3v) is 7.13. The van der Waals surface area contributed by atoms with Crippen LogP contribution in [0, 0.1) is 12.7 Å². The van der Waals surface area contributed by atoms with Crippen LogP contribution in [0.2, 0.25) is 0 Å². The van der Waals surface area contributed by atoms with Gasteiger partial charge in [0.05, 0.1) is 10.9 Å². The standard InChI is InChI=1S/C22H27FN2O4S/c1-15(2)24-22(26)17-7-10-20(11-8-17)29-14-19-5-4-12-25(19)30(27,28)21-13-18(23)9-6-16(21)3/h6-11,13,15,19H,4-5,12,14H2,1-3H3,(H,24,26). The number of sulfonamides is 1. The second kappa shape index (κ2) is 9.14. The van der Waals surface area contributed by atoms with E-state index >= 15 is 0 Å². The number of nitrogens with one attached hydrogen (secondary N) is 1. The Balaban J connectivity index is 1.68. The molecule has 6 nitrogen and oxygen atoms in total. The van der Waals surface area contributed by atoms with E-state index in [2.05, 4.69) is 5.32 Å². The third-order valence-electron chi connectivity index (χ3n) is 5.04. The lowest BCUT2D eigenvalue weighted by Gasteiger charge is -2.25. The lowest BCUT2D eigenvalue weighted by molar-refractivity contribution is 0.0943. The molecule has 0 spiro atoms. The van der Waals surface area contributed by atoms with Gasteiger partial charge >= 0.3 is 0 Å². The smallest absolute Gasteiger partial charge is 0.251 e. The van der Waals surface area contributed by atoms with Crippen molar-refractivity contribution in [2.75, 3.05) is 13.2 Å². The summed E-state index contributed by atoms with van der Waals surface area (Å²) in [5.74, 6) is -0.176. The number of rotatable bonds is 7. The van der Waals surface area contributed by atoms with Crippen LogP contribution in [-0.2, 0) is 10.0 Å². The van der Waals surface area contributed by atoms with Crippen LogP contribution in [0.15, 0.2) is 47.4 Å². The summed E-state index contributed by atoms with van der Waals surface area (Å²) in [4.78, 5) is 12.0. The summed E-state index contributed by atoms with van der Waals surface area (Å²) in [6.45, 7) is 6.00. The summed E-state index contributed by atoms with van der Waals surface area (Å²) in [5, 5.41) is 2.82. The topological polar surface area (TPSA) is 75.7 Å². The predicted octanol–water partition coefficient (Wildman–Crippen LogP) is 3.50. The average molecular weight is 435 g/mol. The summed E-state index contributed by atoms with van der Waals surface area (Å²) in [5.41, 5.74) is 1.04. The molecule has 3 rings (SSSR count). The number of aryl methyl sites for hydroxylation is 1. The number of benzene rings is 2.